The molecule has 0 N–H and O–H groups in total. The maximum absolute atomic E-state index is 15.3. The molecule has 7 aromatic rings. The number of halogens is 1. The average Bonchev–Trinajstić information content (AvgIpc) is 4.28. The summed E-state index contributed by atoms with van der Waals surface area (Å²) in [6, 6.07) is 58.5. The molecule has 0 aromatic heterocycles. The van der Waals surface area contributed by atoms with Gasteiger partial charge in [-0.2, -0.15) is 5.26 Å². The van der Waals surface area contributed by atoms with Gasteiger partial charge < -0.3 is 19.3 Å². The first-order valence-corrected chi connectivity index (χ1v) is 30.5. The van der Waals surface area contributed by atoms with Crippen LogP contribution in [0.2, 0.25) is 5.02 Å². The number of carbonyl (C=O) groups excluding carboxylic acids is 2. The van der Waals surface area contributed by atoms with E-state index in [0.717, 1.165) is 38.9 Å². The summed E-state index contributed by atoms with van der Waals surface area (Å²) in [4.78, 5) is 44.4. The van der Waals surface area contributed by atoms with Crippen molar-refractivity contribution in [2.24, 2.45) is 21.8 Å². The fraction of sp³-hybridized carbons (Fsp3) is 0.215. The quantitative estimate of drug-likeness (QED) is 0.0967. The SMILES string of the molecule is N#CC1=CC2CN(CCS(=O)(=O)c3ccc(-c4ccc(C5=N[C@]6(Cc7ccccc7)C(=O)N(CCS(=O)(=O)c7ccccc7)Cc7cc(Cl)ccc7[C@@H]6O5)cc4)cc3)C(=O)[C@@]3(Cc4ccccc4)N=C(c4ccccc4)O[C@H]3C2C=C1. The predicted octanol–water partition coefficient (Wildman–Crippen LogP) is 10.0. The lowest BCUT2D eigenvalue weighted by atomic mass is 9.74. The molecule has 16 heteroatoms. The Kier molecular flexibility index (Phi) is 14.2. The Morgan fingerprint density at radius 1 is 0.593 bits per heavy atom. The highest BCUT2D eigenvalue weighted by molar-refractivity contribution is 7.91. The maximum atomic E-state index is 15.3. The van der Waals surface area contributed by atoms with Crippen LogP contribution in [0.25, 0.3) is 11.1 Å². The van der Waals surface area contributed by atoms with Crippen molar-refractivity contribution in [2.75, 3.05) is 31.1 Å². The Hall–Kier alpha value is -8.42. The highest BCUT2D eigenvalue weighted by Crippen LogP contribution is 2.48. The Morgan fingerprint density at radius 2 is 1.10 bits per heavy atom. The zero-order valence-corrected chi connectivity index (χ0v) is 46.2. The molecule has 7 aromatic carbocycles. The van der Waals surface area contributed by atoms with Crippen LogP contribution in [0.4, 0.5) is 0 Å². The van der Waals surface area contributed by atoms with Crippen molar-refractivity contribution >= 4 is 54.9 Å². The van der Waals surface area contributed by atoms with Crippen molar-refractivity contribution in [3.05, 3.63) is 250 Å². The van der Waals surface area contributed by atoms with Crippen LogP contribution in [0.3, 0.4) is 0 Å². The zero-order chi connectivity index (χ0) is 55.9. The van der Waals surface area contributed by atoms with Crippen molar-refractivity contribution in [1.29, 1.82) is 5.26 Å². The standard InChI is InChI=1S/C65H54ClN5O8S2/c66-53-28-32-57-52(38-53)43-71(33-35-80(74,75)54-19-11-4-12-20-54)63(73)65(40-45-15-7-2-8-16-45)59(57)79-61(69-65)50-24-22-47(23-25-50)48-26-29-55(30-27-48)81(76,77)36-34-70-42-51-37-46(41-67)21-31-56(51)58-64(62(70)72,39-44-13-5-1-6-14-44)68-60(78-58)49-17-9-3-10-18-49/h1-32,37-38,51,56,58-59H,33-36,39-40,42-43H2/t51?,56?,58-,59-,64-,65-/m0/s1. The van der Waals surface area contributed by atoms with Gasteiger partial charge in [-0.25, -0.2) is 26.8 Å². The Bertz CT molecular complexity index is 3970. The van der Waals surface area contributed by atoms with Crippen LogP contribution in [0.5, 0.6) is 0 Å². The molecule has 1 aliphatic carbocycles. The van der Waals surface area contributed by atoms with Gasteiger partial charge in [0.25, 0.3) is 11.8 Å². The van der Waals surface area contributed by atoms with Gasteiger partial charge in [-0.3, -0.25) is 9.59 Å². The fourth-order valence-electron chi connectivity index (χ4n) is 11.9. The number of aliphatic imine (C=N–C) groups is 2. The number of hydrogen-bond acceptors (Lipinski definition) is 11. The van der Waals surface area contributed by atoms with Crippen LogP contribution in [-0.2, 0) is 58.1 Å². The number of hydrogen-bond donors (Lipinski definition) is 0. The van der Waals surface area contributed by atoms with Crippen molar-refractivity contribution in [3.63, 3.8) is 0 Å². The number of allylic oxidation sites excluding steroid dienone is 2. The van der Waals surface area contributed by atoms with Gasteiger partial charge in [-0.05, 0) is 94.6 Å². The first-order chi connectivity index (χ1) is 39.2. The van der Waals surface area contributed by atoms with Crippen LogP contribution in [0.15, 0.2) is 232 Å². The second kappa shape index (κ2) is 21.6. The summed E-state index contributed by atoms with van der Waals surface area (Å²) in [6.07, 6.45) is 4.32. The molecule has 2 unspecified atom stereocenters. The number of ether oxygens (including phenoxy) is 2. The van der Waals surface area contributed by atoms with E-state index in [-0.39, 0.29) is 89.9 Å². The molecule has 406 valence electrons. The van der Waals surface area contributed by atoms with Gasteiger partial charge >= 0.3 is 0 Å². The van der Waals surface area contributed by atoms with Crippen molar-refractivity contribution in [3.8, 4) is 17.2 Å². The number of fused-ring (bicyclic) bond motifs is 6. The zero-order valence-electron chi connectivity index (χ0n) is 43.8. The van der Waals surface area contributed by atoms with Gasteiger partial charge in [0.15, 0.2) is 36.9 Å². The predicted molar refractivity (Wildman–Crippen MR) is 310 cm³/mol. The van der Waals surface area contributed by atoms with Crippen molar-refractivity contribution < 1.29 is 35.9 Å². The highest BCUT2D eigenvalue weighted by Gasteiger charge is 2.60. The lowest BCUT2D eigenvalue weighted by Crippen LogP contribution is -2.55. The third-order valence-electron chi connectivity index (χ3n) is 16.0. The van der Waals surface area contributed by atoms with Crippen LogP contribution < -0.4 is 0 Å². The van der Waals surface area contributed by atoms with Crippen LogP contribution in [-0.4, -0.2) is 98.6 Å². The maximum Gasteiger partial charge on any atom is 0.255 e. The molecule has 6 atom stereocenters. The summed E-state index contributed by atoms with van der Waals surface area (Å²) >= 11 is 6.58. The van der Waals surface area contributed by atoms with Gasteiger partial charge in [0.05, 0.1) is 27.4 Å². The topological polar surface area (TPSA) is 176 Å². The third-order valence-corrected chi connectivity index (χ3v) is 19.7. The molecular weight excluding hydrogens is 1080 g/mol. The number of sulfone groups is 2. The summed E-state index contributed by atoms with van der Waals surface area (Å²) < 4.78 is 69.4. The van der Waals surface area contributed by atoms with Crippen molar-refractivity contribution in [1.82, 2.24) is 9.80 Å². The summed E-state index contributed by atoms with van der Waals surface area (Å²) in [5.41, 5.74) is 3.51. The molecule has 13 nitrogen and oxygen atoms in total. The van der Waals surface area contributed by atoms with E-state index in [4.69, 9.17) is 31.1 Å². The van der Waals surface area contributed by atoms with E-state index in [2.05, 4.69) is 6.07 Å². The molecular formula is C65H54ClN5O8S2. The molecule has 2 amide bonds. The molecule has 12 rings (SSSR count). The largest absolute Gasteiger partial charge is 0.470 e. The number of carbonyl (C=O) groups is 2. The van der Waals surface area contributed by atoms with E-state index >= 15 is 9.59 Å². The summed E-state index contributed by atoms with van der Waals surface area (Å²) in [7, 11) is -7.71. The highest BCUT2D eigenvalue weighted by atomic mass is 35.5. The molecule has 4 aliphatic heterocycles. The summed E-state index contributed by atoms with van der Waals surface area (Å²) in [5.74, 6) is -1.49. The minimum absolute atomic E-state index is 0.0923. The second-order valence-corrected chi connectivity index (χ2v) is 25.8. The second-order valence-electron chi connectivity index (χ2n) is 21.1. The van der Waals surface area contributed by atoms with E-state index in [1.54, 1.807) is 82.6 Å². The van der Waals surface area contributed by atoms with Crippen LogP contribution >= 0.6 is 11.6 Å². The molecule has 1 fully saturated rings. The Balaban J connectivity index is 0.806. The number of nitriles is 1. The van der Waals surface area contributed by atoms with Gasteiger partial charge in [0.2, 0.25) is 11.8 Å². The van der Waals surface area contributed by atoms with Gasteiger partial charge in [0.1, 0.15) is 6.10 Å². The minimum atomic E-state index is -3.95. The van der Waals surface area contributed by atoms with Gasteiger partial charge in [-0.1, -0.05) is 151 Å². The lowest BCUT2D eigenvalue weighted by molar-refractivity contribution is -0.139. The molecule has 5 aliphatic rings. The molecule has 0 spiro atoms. The van der Waals surface area contributed by atoms with Crippen LogP contribution in [0, 0.1) is 23.2 Å². The molecule has 0 saturated carbocycles. The van der Waals surface area contributed by atoms with E-state index in [1.807, 2.05) is 133 Å². The normalized spacial score (nSPS) is 23.0. The number of rotatable bonds is 15. The molecule has 0 bridgehead atoms. The van der Waals surface area contributed by atoms with E-state index in [9.17, 15) is 22.1 Å². The van der Waals surface area contributed by atoms with Crippen molar-refractivity contribution in [2.45, 2.75) is 52.5 Å². The summed E-state index contributed by atoms with van der Waals surface area (Å²) in [6.45, 7) is 0.0563. The van der Waals surface area contributed by atoms with E-state index in [1.165, 1.54) is 0 Å². The van der Waals surface area contributed by atoms with Gasteiger partial charge in [0, 0.05) is 78.1 Å². The van der Waals surface area contributed by atoms with E-state index < -0.39 is 43.0 Å². The number of likely N-dealkylation sites (tertiary alicyclic amines) is 1. The monoisotopic (exact) mass is 1130 g/mol. The van der Waals surface area contributed by atoms with E-state index in [0.29, 0.717) is 22.1 Å². The number of nitrogens with zero attached hydrogens (tertiary/aromatic N) is 5. The minimum Gasteiger partial charge on any atom is -0.470 e. The summed E-state index contributed by atoms with van der Waals surface area (Å²) in [5, 5.41) is 10.4. The van der Waals surface area contributed by atoms with Gasteiger partial charge in [-0.15, -0.1) is 0 Å². The first-order valence-electron chi connectivity index (χ1n) is 26.8. The fourth-order valence-corrected chi connectivity index (χ4v) is 14.6. The third kappa shape index (κ3) is 10.3. The average molecular weight is 1130 g/mol. The Labute approximate surface area is 476 Å². The molecule has 4 heterocycles. The molecule has 1 saturated heterocycles. The van der Waals surface area contributed by atoms with Crippen LogP contribution in [0.1, 0.15) is 39.5 Å². The first kappa shape index (κ1) is 53.2. The number of amides is 2. The Morgan fingerprint density at radius 3 is 1.73 bits per heavy atom. The smallest absolute Gasteiger partial charge is 0.255 e. The molecule has 0 radical (unpaired) electrons. The molecule has 81 heavy (non-hydrogen) atoms. The lowest BCUT2D eigenvalue weighted by Gasteiger charge is -2.34. The number of benzene rings is 7.